The van der Waals surface area contributed by atoms with Gasteiger partial charge in [-0.1, -0.05) is 37.3 Å². The van der Waals surface area contributed by atoms with Crippen LogP contribution in [0.2, 0.25) is 0 Å². The molecular weight excluding hydrogens is 308 g/mol. The maximum absolute atomic E-state index is 12.5. The summed E-state index contributed by atoms with van der Waals surface area (Å²) < 4.78 is 0. The predicted octanol–water partition coefficient (Wildman–Crippen LogP) is 2.79. The number of nitro benzene ring substituents is 1. The summed E-state index contributed by atoms with van der Waals surface area (Å²) in [7, 11) is 0. The highest BCUT2D eigenvalue weighted by Crippen LogP contribution is 2.36. The molecule has 1 aliphatic heterocycles. The van der Waals surface area contributed by atoms with Crippen LogP contribution < -0.4 is 4.90 Å². The molecule has 0 amide bonds. The van der Waals surface area contributed by atoms with Gasteiger partial charge in [0.2, 0.25) is 0 Å². The Balaban J connectivity index is 1.91. The molecule has 6 heteroatoms. The molecule has 0 saturated carbocycles. The second kappa shape index (κ2) is 6.05. The fourth-order valence-electron chi connectivity index (χ4n) is 2.89. The molecule has 0 atom stereocenters. The summed E-state index contributed by atoms with van der Waals surface area (Å²) in [5, 5.41) is 21.5. The number of benzene rings is 2. The fourth-order valence-corrected chi connectivity index (χ4v) is 2.89. The Hall–Kier alpha value is -2.73. The Morgan fingerprint density at radius 2 is 1.88 bits per heavy atom. The summed E-state index contributed by atoms with van der Waals surface area (Å²) >= 11 is 0. The summed E-state index contributed by atoms with van der Waals surface area (Å²) in [5.41, 5.74) is 0.302. The second-order valence-electron chi connectivity index (χ2n) is 6.09. The highest BCUT2D eigenvalue weighted by atomic mass is 16.6. The summed E-state index contributed by atoms with van der Waals surface area (Å²) in [6, 6.07) is 13.2. The van der Waals surface area contributed by atoms with Crippen LogP contribution in [0.3, 0.4) is 0 Å². The number of hydrogen-bond donors (Lipinski definition) is 1. The molecule has 0 unspecified atom stereocenters. The van der Waals surface area contributed by atoms with Crippen LogP contribution >= 0.6 is 0 Å². The third-order valence-corrected chi connectivity index (χ3v) is 4.44. The Kier molecular flexibility index (Phi) is 4.07. The van der Waals surface area contributed by atoms with Crippen molar-refractivity contribution in [1.82, 2.24) is 0 Å². The molecule has 1 saturated heterocycles. The van der Waals surface area contributed by atoms with E-state index in [9.17, 15) is 20.0 Å². The van der Waals surface area contributed by atoms with Crippen molar-refractivity contribution < 1.29 is 14.8 Å². The number of β-amino-alcohol motifs (C(OH)–C–C–N with tert-alkyl or cyclic N) is 1. The van der Waals surface area contributed by atoms with Gasteiger partial charge in [0.25, 0.3) is 5.69 Å². The Morgan fingerprint density at radius 1 is 1.21 bits per heavy atom. The van der Waals surface area contributed by atoms with Crippen molar-refractivity contribution in [2.45, 2.75) is 18.9 Å². The monoisotopic (exact) mass is 326 g/mol. The number of carbonyl (C=O) groups excluding carboxylic acids is 1. The van der Waals surface area contributed by atoms with Crippen molar-refractivity contribution in [3.05, 3.63) is 69.8 Å². The van der Waals surface area contributed by atoms with Crippen molar-refractivity contribution >= 4 is 17.2 Å². The SMILES string of the molecule is CCC1(O)CN(c2ccc(C(=O)c3ccccc3)cc2[N+](=O)[O-])C1. The minimum absolute atomic E-state index is 0.116. The number of rotatable bonds is 5. The van der Waals surface area contributed by atoms with Crippen molar-refractivity contribution in [2.24, 2.45) is 0 Å². The number of nitrogens with zero attached hydrogens (tertiary/aromatic N) is 2. The van der Waals surface area contributed by atoms with E-state index in [4.69, 9.17) is 0 Å². The van der Waals surface area contributed by atoms with Gasteiger partial charge in [-0.2, -0.15) is 0 Å². The smallest absolute Gasteiger partial charge is 0.293 e. The number of carbonyl (C=O) groups is 1. The number of aliphatic hydroxyl groups is 1. The lowest BCUT2D eigenvalue weighted by molar-refractivity contribution is -0.384. The first-order valence-corrected chi connectivity index (χ1v) is 7.79. The molecule has 1 N–H and O–H groups in total. The molecule has 1 aliphatic rings. The van der Waals surface area contributed by atoms with Gasteiger partial charge in [0.15, 0.2) is 5.78 Å². The average molecular weight is 326 g/mol. The first-order chi connectivity index (χ1) is 11.4. The molecule has 0 bridgehead atoms. The maximum Gasteiger partial charge on any atom is 0.293 e. The summed E-state index contributed by atoms with van der Waals surface area (Å²) in [6.07, 6.45) is 0.599. The van der Waals surface area contributed by atoms with Crippen LogP contribution in [-0.2, 0) is 0 Å². The van der Waals surface area contributed by atoms with E-state index in [0.717, 1.165) is 0 Å². The van der Waals surface area contributed by atoms with E-state index in [0.29, 0.717) is 30.8 Å². The minimum Gasteiger partial charge on any atom is -0.386 e. The second-order valence-corrected chi connectivity index (χ2v) is 6.09. The van der Waals surface area contributed by atoms with Crippen LogP contribution in [0, 0.1) is 10.1 Å². The van der Waals surface area contributed by atoms with Crippen molar-refractivity contribution in [3.8, 4) is 0 Å². The lowest BCUT2D eigenvalue weighted by atomic mass is 9.90. The normalized spacial score (nSPS) is 15.7. The molecule has 124 valence electrons. The third-order valence-electron chi connectivity index (χ3n) is 4.44. The minimum atomic E-state index is -0.785. The van der Waals surface area contributed by atoms with E-state index in [-0.39, 0.29) is 17.0 Å². The molecule has 2 aromatic rings. The summed E-state index contributed by atoms with van der Waals surface area (Å²) in [5.74, 6) is -0.251. The summed E-state index contributed by atoms with van der Waals surface area (Å²) in [4.78, 5) is 25.1. The number of anilines is 1. The molecule has 6 nitrogen and oxygen atoms in total. The molecule has 3 rings (SSSR count). The fraction of sp³-hybridized carbons (Fsp3) is 0.278. The molecule has 24 heavy (non-hydrogen) atoms. The van der Waals surface area contributed by atoms with E-state index in [2.05, 4.69) is 0 Å². The Bertz CT molecular complexity index is 783. The largest absolute Gasteiger partial charge is 0.386 e. The molecule has 0 spiro atoms. The van der Waals surface area contributed by atoms with Crippen molar-refractivity contribution in [2.75, 3.05) is 18.0 Å². The molecule has 0 aliphatic carbocycles. The molecule has 1 fully saturated rings. The van der Waals surface area contributed by atoms with E-state index in [1.807, 2.05) is 6.92 Å². The molecule has 0 aromatic heterocycles. The van der Waals surface area contributed by atoms with Gasteiger partial charge < -0.3 is 10.0 Å². The van der Waals surface area contributed by atoms with E-state index in [1.165, 1.54) is 6.07 Å². The number of nitro groups is 1. The van der Waals surface area contributed by atoms with Gasteiger partial charge in [-0.05, 0) is 18.6 Å². The van der Waals surface area contributed by atoms with Crippen LogP contribution in [0.15, 0.2) is 48.5 Å². The number of ketones is 1. The van der Waals surface area contributed by atoms with E-state index >= 15 is 0 Å². The zero-order valence-corrected chi connectivity index (χ0v) is 13.3. The lowest BCUT2D eigenvalue weighted by Crippen LogP contribution is -2.61. The van der Waals surface area contributed by atoms with E-state index < -0.39 is 10.5 Å². The van der Waals surface area contributed by atoms with Crippen molar-refractivity contribution in [1.29, 1.82) is 0 Å². The van der Waals surface area contributed by atoms with Crippen LogP contribution in [0.5, 0.6) is 0 Å². The Morgan fingerprint density at radius 3 is 2.46 bits per heavy atom. The lowest BCUT2D eigenvalue weighted by Gasteiger charge is -2.47. The van der Waals surface area contributed by atoms with Crippen LogP contribution in [-0.4, -0.2) is 34.5 Å². The third kappa shape index (κ3) is 2.88. The van der Waals surface area contributed by atoms with Gasteiger partial charge in [-0.15, -0.1) is 0 Å². The topological polar surface area (TPSA) is 83.7 Å². The molecule has 2 aromatic carbocycles. The first kappa shape index (κ1) is 16.1. The zero-order valence-electron chi connectivity index (χ0n) is 13.3. The first-order valence-electron chi connectivity index (χ1n) is 7.79. The van der Waals surface area contributed by atoms with Gasteiger partial charge in [-0.3, -0.25) is 14.9 Å². The van der Waals surface area contributed by atoms with Gasteiger partial charge in [0.1, 0.15) is 5.69 Å². The highest BCUT2D eigenvalue weighted by Gasteiger charge is 2.41. The molecular formula is C18H18N2O4. The molecule has 0 radical (unpaired) electrons. The Labute approximate surface area is 139 Å². The van der Waals surface area contributed by atoms with E-state index in [1.54, 1.807) is 47.4 Å². The van der Waals surface area contributed by atoms with Gasteiger partial charge in [0, 0.05) is 30.3 Å². The summed E-state index contributed by atoms with van der Waals surface area (Å²) in [6.45, 7) is 2.60. The average Bonchev–Trinajstić information content (AvgIpc) is 2.58. The number of hydrogen-bond acceptors (Lipinski definition) is 5. The maximum atomic E-state index is 12.5. The predicted molar refractivity (Wildman–Crippen MR) is 90.4 cm³/mol. The van der Waals surface area contributed by atoms with Crippen LogP contribution in [0.4, 0.5) is 11.4 Å². The highest BCUT2D eigenvalue weighted by molar-refractivity contribution is 6.09. The van der Waals surface area contributed by atoms with Crippen LogP contribution in [0.1, 0.15) is 29.3 Å². The quantitative estimate of drug-likeness (QED) is 0.519. The van der Waals surface area contributed by atoms with Crippen LogP contribution in [0.25, 0.3) is 0 Å². The zero-order chi connectivity index (χ0) is 17.3. The standard InChI is InChI=1S/C18H18N2O4/c1-2-18(22)11-19(12-18)15-9-8-14(10-16(15)20(23)24)17(21)13-6-4-3-5-7-13/h3-10,22H,2,11-12H2,1H3. The van der Waals surface area contributed by atoms with Gasteiger partial charge in [0.05, 0.1) is 10.5 Å². The molecule has 1 heterocycles. The van der Waals surface area contributed by atoms with Gasteiger partial charge >= 0.3 is 0 Å². The van der Waals surface area contributed by atoms with Gasteiger partial charge in [-0.25, -0.2) is 0 Å². The van der Waals surface area contributed by atoms with Crippen molar-refractivity contribution in [3.63, 3.8) is 0 Å².